The summed E-state index contributed by atoms with van der Waals surface area (Å²) in [6.07, 6.45) is 2.70. The molecule has 4 nitrogen and oxygen atoms in total. The number of hydrogen-bond acceptors (Lipinski definition) is 4. The van der Waals surface area contributed by atoms with Crippen molar-refractivity contribution >= 4 is 23.2 Å². The van der Waals surface area contributed by atoms with Gasteiger partial charge in [0.2, 0.25) is 5.28 Å². The molecule has 0 aliphatic carbocycles. The van der Waals surface area contributed by atoms with Crippen LogP contribution in [-0.4, -0.2) is 34.0 Å². The second kappa shape index (κ2) is 4.61. The number of likely N-dealkylation sites (tertiary alicyclic amines) is 1. The first-order chi connectivity index (χ1) is 7.15. The van der Waals surface area contributed by atoms with Crippen LogP contribution in [0, 0.1) is 0 Å². The van der Waals surface area contributed by atoms with Crippen LogP contribution in [0.15, 0.2) is 6.20 Å². The summed E-state index contributed by atoms with van der Waals surface area (Å²) in [6.45, 7) is 2.64. The van der Waals surface area contributed by atoms with Gasteiger partial charge in [-0.3, -0.25) is 4.90 Å². The molecule has 1 aliphatic rings. The lowest BCUT2D eigenvalue weighted by atomic mass is 10.3. The minimum Gasteiger partial charge on any atom is -0.326 e. The van der Waals surface area contributed by atoms with E-state index in [1.54, 1.807) is 6.20 Å². The van der Waals surface area contributed by atoms with Crippen molar-refractivity contribution in [1.29, 1.82) is 0 Å². The highest BCUT2D eigenvalue weighted by Crippen LogP contribution is 2.18. The Hall–Kier alpha value is -0.420. The lowest BCUT2D eigenvalue weighted by molar-refractivity contribution is 0.326. The number of rotatable bonds is 2. The van der Waals surface area contributed by atoms with Gasteiger partial charge in [0.25, 0.3) is 0 Å². The molecule has 6 heteroatoms. The van der Waals surface area contributed by atoms with Crippen LogP contribution in [0.4, 0.5) is 0 Å². The summed E-state index contributed by atoms with van der Waals surface area (Å²) in [7, 11) is 0. The van der Waals surface area contributed by atoms with Crippen LogP contribution in [0.5, 0.6) is 0 Å². The average molecular weight is 247 g/mol. The van der Waals surface area contributed by atoms with Crippen molar-refractivity contribution < 1.29 is 0 Å². The molecule has 0 radical (unpaired) electrons. The van der Waals surface area contributed by atoms with Crippen molar-refractivity contribution in [3.63, 3.8) is 0 Å². The van der Waals surface area contributed by atoms with Gasteiger partial charge >= 0.3 is 0 Å². The molecule has 0 amide bonds. The standard InChI is InChI=1S/C9H12Cl2N4/c10-8-6(3-13-9(11)14-8)4-15-2-1-7(12)5-15/h3,7H,1-2,4-5,12H2/t7-/m1/s1. The summed E-state index contributed by atoms with van der Waals surface area (Å²) in [6, 6.07) is 0.275. The first-order valence-electron chi connectivity index (χ1n) is 4.80. The van der Waals surface area contributed by atoms with E-state index in [4.69, 9.17) is 28.9 Å². The van der Waals surface area contributed by atoms with Crippen LogP contribution in [0.1, 0.15) is 12.0 Å². The van der Waals surface area contributed by atoms with E-state index in [9.17, 15) is 0 Å². The van der Waals surface area contributed by atoms with Gasteiger partial charge in [0.1, 0.15) is 5.15 Å². The Labute approximate surface area is 98.4 Å². The fraction of sp³-hybridized carbons (Fsp3) is 0.556. The highest BCUT2D eigenvalue weighted by atomic mass is 35.5. The number of hydrogen-bond donors (Lipinski definition) is 1. The van der Waals surface area contributed by atoms with Crippen LogP contribution in [0.25, 0.3) is 0 Å². The van der Waals surface area contributed by atoms with Gasteiger partial charge in [-0.25, -0.2) is 9.97 Å². The van der Waals surface area contributed by atoms with Crippen molar-refractivity contribution in [2.45, 2.75) is 19.0 Å². The molecule has 2 heterocycles. The smallest absolute Gasteiger partial charge is 0.223 e. The summed E-state index contributed by atoms with van der Waals surface area (Å²) in [5, 5.41) is 0.609. The molecule has 1 aromatic rings. The zero-order valence-corrected chi connectivity index (χ0v) is 9.67. The Morgan fingerprint density at radius 1 is 1.53 bits per heavy atom. The Morgan fingerprint density at radius 2 is 2.33 bits per heavy atom. The van der Waals surface area contributed by atoms with Gasteiger partial charge in [0.15, 0.2) is 0 Å². The maximum atomic E-state index is 5.95. The van der Waals surface area contributed by atoms with Crippen molar-refractivity contribution in [3.8, 4) is 0 Å². The molecular formula is C9H12Cl2N4. The molecule has 1 fully saturated rings. The minimum absolute atomic E-state index is 0.182. The molecule has 0 aromatic carbocycles. The van der Waals surface area contributed by atoms with E-state index < -0.39 is 0 Å². The third-order valence-electron chi connectivity index (χ3n) is 2.49. The monoisotopic (exact) mass is 246 g/mol. The van der Waals surface area contributed by atoms with Gasteiger partial charge < -0.3 is 5.73 Å². The van der Waals surface area contributed by atoms with Crippen LogP contribution >= 0.6 is 23.2 Å². The predicted molar refractivity (Wildman–Crippen MR) is 59.9 cm³/mol. The quantitative estimate of drug-likeness (QED) is 0.632. The molecule has 0 bridgehead atoms. The molecule has 15 heavy (non-hydrogen) atoms. The maximum absolute atomic E-state index is 5.95. The molecule has 0 saturated carbocycles. The normalized spacial score (nSPS) is 22.2. The van der Waals surface area contributed by atoms with Crippen LogP contribution in [0.3, 0.4) is 0 Å². The average Bonchev–Trinajstić information content (AvgIpc) is 2.56. The first-order valence-corrected chi connectivity index (χ1v) is 5.55. The maximum Gasteiger partial charge on any atom is 0.223 e. The summed E-state index contributed by atoms with van der Waals surface area (Å²) >= 11 is 11.6. The topological polar surface area (TPSA) is 55.0 Å². The highest BCUT2D eigenvalue weighted by Gasteiger charge is 2.20. The van der Waals surface area contributed by atoms with Crippen molar-refractivity contribution in [2.24, 2.45) is 5.73 Å². The molecule has 2 N–H and O–H groups in total. The summed E-state index contributed by atoms with van der Waals surface area (Å²) < 4.78 is 0. The van der Waals surface area contributed by atoms with Gasteiger partial charge in [0.05, 0.1) is 0 Å². The fourth-order valence-corrected chi connectivity index (χ4v) is 2.08. The van der Waals surface area contributed by atoms with Gasteiger partial charge in [-0.1, -0.05) is 11.6 Å². The molecule has 1 atom stereocenters. The lowest BCUT2D eigenvalue weighted by Crippen LogP contribution is -2.26. The number of nitrogens with two attached hydrogens (primary N) is 1. The van der Waals surface area contributed by atoms with Crippen molar-refractivity contribution in [2.75, 3.05) is 13.1 Å². The van der Waals surface area contributed by atoms with Gasteiger partial charge in [-0.2, -0.15) is 0 Å². The molecule has 82 valence electrons. The Bertz CT molecular complexity index is 358. The molecule has 2 rings (SSSR count). The van der Waals surface area contributed by atoms with Crippen molar-refractivity contribution in [1.82, 2.24) is 14.9 Å². The van der Waals surface area contributed by atoms with Crippen molar-refractivity contribution in [3.05, 3.63) is 22.2 Å². The van der Waals surface area contributed by atoms with E-state index in [2.05, 4.69) is 14.9 Å². The SMILES string of the molecule is N[C@@H]1CCN(Cc2cnc(Cl)nc2Cl)C1. The summed E-state index contributed by atoms with van der Waals surface area (Å²) in [5.74, 6) is 0. The zero-order valence-electron chi connectivity index (χ0n) is 8.16. The minimum atomic E-state index is 0.182. The van der Waals surface area contributed by atoms with Gasteiger partial charge in [-0.15, -0.1) is 0 Å². The number of aromatic nitrogens is 2. The summed E-state index contributed by atoms with van der Waals surface area (Å²) in [4.78, 5) is 10.0. The van der Waals surface area contributed by atoms with E-state index in [-0.39, 0.29) is 11.3 Å². The van der Waals surface area contributed by atoms with E-state index in [0.29, 0.717) is 5.15 Å². The molecule has 0 unspecified atom stereocenters. The first kappa shape index (κ1) is 11.1. The van der Waals surface area contributed by atoms with E-state index in [1.165, 1.54) is 0 Å². The van der Waals surface area contributed by atoms with Crippen LogP contribution in [0.2, 0.25) is 10.4 Å². The van der Waals surface area contributed by atoms with Gasteiger partial charge in [-0.05, 0) is 18.0 Å². The van der Waals surface area contributed by atoms with E-state index in [0.717, 1.165) is 31.6 Å². The molecule has 1 saturated heterocycles. The Kier molecular flexibility index (Phi) is 3.41. The number of nitrogens with zero attached hydrogens (tertiary/aromatic N) is 3. The Balaban J connectivity index is 2.04. The summed E-state index contributed by atoms with van der Waals surface area (Å²) in [5.41, 5.74) is 6.71. The molecule has 1 aliphatic heterocycles. The third-order valence-corrected chi connectivity index (χ3v) is 2.99. The zero-order chi connectivity index (χ0) is 10.8. The molecule has 0 spiro atoms. The second-order valence-electron chi connectivity index (χ2n) is 3.74. The lowest BCUT2D eigenvalue weighted by Gasteiger charge is -2.15. The van der Waals surface area contributed by atoms with Crippen LogP contribution < -0.4 is 5.73 Å². The van der Waals surface area contributed by atoms with Crippen LogP contribution in [-0.2, 0) is 6.54 Å². The van der Waals surface area contributed by atoms with Gasteiger partial charge in [0, 0.05) is 37.4 Å². The fourth-order valence-electron chi connectivity index (χ4n) is 1.72. The second-order valence-corrected chi connectivity index (χ2v) is 4.44. The molecular weight excluding hydrogens is 235 g/mol. The largest absolute Gasteiger partial charge is 0.326 e. The van der Waals surface area contributed by atoms with E-state index >= 15 is 0 Å². The predicted octanol–water partition coefficient (Wildman–Crippen LogP) is 1.32. The Morgan fingerprint density at radius 3 is 2.93 bits per heavy atom. The highest BCUT2D eigenvalue weighted by molar-refractivity contribution is 6.32. The van der Waals surface area contributed by atoms with E-state index in [1.807, 2.05) is 0 Å². The third kappa shape index (κ3) is 2.78. The molecule has 1 aromatic heterocycles. The number of halogens is 2.